The Bertz CT molecular complexity index is 1110. The van der Waals surface area contributed by atoms with E-state index in [2.05, 4.69) is 30.9 Å². The van der Waals surface area contributed by atoms with E-state index in [9.17, 15) is 14.4 Å². The maximum absolute atomic E-state index is 13.1. The average Bonchev–Trinajstić information content (AvgIpc) is 3.58. The van der Waals surface area contributed by atoms with Crippen LogP contribution in [0.1, 0.15) is 105 Å². The Morgan fingerprint density at radius 1 is 0.556 bits per heavy atom. The molecule has 6 bridgehead atoms. The Labute approximate surface area is 228 Å². The summed E-state index contributed by atoms with van der Waals surface area (Å²) in [5, 5.41) is 9.29. The maximum atomic E-state index is 13.1. The summed E-state index contributed by atoms with van der Waals surface area (Å²) in [6, 6.07) is -0.871. The number of carbonyl (C=O) groups is 3. The summed E-state index contributed by atoms with van der Waals surface area (Å²) >= 11 is -0.428. The number of nitrogens with one attached hydrogen (secondary N) is 3. The molecule has 0 aliphatic carbocycles. The van der Waals surface area contributed by atoms with E-state index in [1.807, 2.05) is 56.4 Å². The van der Waals surface area contributed by atoms with Crippen molar-refractivity contribution in [3.63, 3.8) is 0 Å². The van der Waals surface area contributed by atoms with E-state index in [-0.39, 0.29) is 97.1 Å². The molecule has 0 spiro atoms. The summed E-state index contributed by atoms with van der Waals surface area (Å²) in [5.41, 5.74) is 1.12. The van der Waals surface area contributed by atoms with Gasteiger partial charge < -0.3 is 0 Å². The molecule has 0 unspecified atom stereocenters. The predicted molar refractivity (Wildman–Crippen MR) is 139 cm³/mol. The fourth-order valence-corrected chi connectivity index (χ4v) is 10.2. The van der Waals surface area contributed by atoms with Crippen molar-refractivity contribution in [2.45, 2.75) is 59.7 Å². The van der Waals surface area contributed by atoms with Crippen molar-refractivity contribution in [2.75, 3.05) is 0 Å². The SMILES string of the molecule is CC(C)[C@H]1NC(=O)c2c[se]c(n2)[C@@H](C(C)C)NC(=O)c2c[se]c(n2)[C@@H](C(C)C)NC(=O)c2c[se]c1n2. The molecule has 9 nitrogen and oxygen atoms in total. The van der Waals surface area contributed by atoms with Gasteiger partial charge in [-0.05, 0) is 0 Å². The Morgan fingerprint density at radius 2 is 0.806 bits per heavy atom. The van der Waals surface area contributed by atoms with Crippen molar-refractivity contribution < 1.29 is 14.4 Å². The molecule has 4 rings (SSSR count). The van der Waals surface area contributed by atoms with E-state index < -0.39 is 0 Å². The fraction of sp³-hybridized carbons (Fsp3) is 0.500. The molecule has 0 fully saturated rings. The van der Waals surface area contributed by atoms with Gasteiger partial charge in [-0.15, -0.1) is 0 Å². The van der Waals surface area contributed by atoms with Crippen LogP contribution in [0.25, 0.3) is 0 Å². The molecule has 3 atom stereocenters. The summed E-state index contributed by atoms with van der Waals surface area (Å²) in [4.78, 5) is 59.0. The van der Waals surface area contributed by atoms with Gasteiger partial charge in [0.2, 0.25) is 0 Å². The van der Waals surface area contributed by atoms with E-state index in [0.717, 1.165) is 13.7 Å². The van der Waals surface area contributed by atoms with Crippen molar-refractivity contribution in [1.29, 1.82) is 0 Å². The van der Waals surface area contributed by atoms with Gasteiger partial charge in [-0.25, -0.2) is 0 Å². The number of rotatable bonds is 3. The molecule has 3 aromatic rings. The molecule has 12 heteroatoms. The van der Waals surface area contributed by atoms with Crippen LogP contribution in [0.5, 0.6) is 0 Å². The first-order valence-electron chi connectivity index (χ1n) is 11.8. The van der Waals surface area contributed by atoms with Crippen molar-refractivity contribution in [3.05, 3.63) is 45.6 Å². The summed E-state index contributed by atoms with van der Waals surface area (Å²) in [7, 11) is 0. The van der Waals surface area contributed by atoms with E-state index >= 15 is 0 Å². The molecule has 3 N–H and O–H groups in total. The molecule has 4 heterocycles. The second kappa shape index (κ2) is 11.3. The third-order valence-corrected chi connectivity index (χ3v) is 11.8. The van der Waals surface area contributed by atoms with Crippen LogP contribution in [0.2, 0.25) is 0 Å². The van der Waals surface area contributed by atoms with Crippen LogP contribution in [-0.2, 0) is 0 Å². The molecular formula is C24H30N6O3Se3. The number of carbonyl (C=O) groups excluding carboxylic acids is 3. The molecule has 192 valence electrons. The normalized spacial score (nSPS) is 21.2. The van der Waals surface area contributed by atoms with Crippen LogP contribution in [0.15, 0.2) is 14.8 Å². The number of amides is 3. The van der Waals surface area contributed by atoms with Crippen LogP contribution in [0.4, 0.5) is 0 Å². The minimum absolute atomic E-state index is 0.0955. The Balaban J connectivity index is 1.78. The predicted octanol–water partition coefficient (Wildman–Crippen LogP) is 1.74. The van der Waals surface area contributed by atoms with Gasteiger partial charge in [-0.3, -0.25) is 0 Å². The number of nitrogens with zero attached hydrogens (tertiary/aromatic N) is 3. The Kier molecular flexibility index (Phi) is 8.55. The van der Waals surface area contributed by atoms with Crippen LogP contribution >= 0.6 is 0 Å². The molecule has 0 saturated carbocycles. The molecular weight excluding hydrogens is 657 g/mol. The topological polar surface area (TPSA) is 126 Å². The number of hydrogen-bond acceptors (Lipinski definition) is 6. The van der Waals surface area contributed by atoms with E-state index in [1.54, 1.807) is 0 Å². The quantitative estimate of drug-likeness (QED) is 0.361. The third-order valence-electron chi connectivity index (χ3n) is 5.92. The van der Waals surface area contributed by atoms with Crippen molar-refractivity contribution in [1.82, 2.24) is 30.9 Å². The zero-order chi connectivity index (χ0) is 26.1. The second-order valence-electron chi connectivity index (χ2n) is 9.80. The van der Waals surface area contributed by atoms with Gasteiger partial charge >= 0.3 is 230 Å². The standard InChI is InChI=1S/C24H30N6O3Se3/c1-10(2)16-22-25-14(7-34-22)20(32)29-18(12(5)6)24-27-15(9-36-24)21(33)30-17(11(3)4)23-26-13(8-35-23)19(31)28-16/h7-12,16-18H,1-6H3,(H,28,31)(H,29,32)(H,30,33)/t16-,17-,18-/m1/s1. The molecule has 3 aromatic heterocycles. The van der Waals surface area contributed by atoms with Gasteiger partial charge in [0.25, 0.3) is 0 Å². The summed E-state index contributed by atoms with van der Waals surface area (Å²) in [6.45, 7) is 12.2. The van der Waals surface area contributed by atoms with Gasteiger partial charge in [0, 0.05) is 0 Å². The van der Waals surface area contributed by atoms with Crippen molar-refractivity contribution in [2.24, 2.45) is 17.8 Å². The second-order valence-corrected chi connectivity index (χ2v) is 15.4. The summed E-state index contributed by atoms with van der Waals surface area (Å²) < 4.78 is 2.47. The summed E-state index contributed by atoms with van der Waals surface area (Å²) in [5.74, 6) is -0.485. The van der Waals surface area contributed by atoms with Crippen LogP contribution in [0, 0.1) is 17.8 Å². The molecule has 0 aromatic carbocycles. The van der Waals surface area contributed by atoms with Crippen molar-refractivity contribution in [3.8, 4) is 0 Å². The summed E-state index contributed by atoms with van der Waals surface area (Å²) in [6.07, 6.45) is 0. The number of fused-ring (bicyclic) bond motifs is 6. The van der Waals surface area contributed by atoms with E-state index in [1.165, 1.54) is 0 Å². The molecule has 3 amide bonds. The Hall–Kier alpha value is -1.80. The number of hydrogen-bond donors (Lipinski definition) is 3. The molecule has 1 aliphatic rings. The Morgan fingerprint density at radius 3 is 1.03 bits per heavy atom. The first-order valence-corrected chi connectivity index (χ1v) is 17.4. The van der Waals surface area contributed by atoms with Gasteiger partial charge in [-0.1, -0.05) is 0 Å². The molecule has 1 aliphatic heterocycles. The molecule has 0 radical (unpaired) electrons. The zero-order valence-corrected chi connectivity index (χ0v) is 26.1. The van der Waals surface area contributed by atoms with E-state index in [4.69, 9.17) is 0 Å². The van der Waals surface area contributed by atoms with Gasteiger partial charge in [0.05, 0.1) is 0 Å². The minimum atomic E-state index is -0.290. The first-order chi connectivity index (χ1) is 17.0. The van der Waals surface area contributed by atoms with E-state index in [0.29, 0.717) is 17.1 Å². The van der Waals surface area contributed by atoms with Gasteiger partial charge in [0.15, 0.2) is 0 Å². The van der Waals surface area contributed by atoms with Crippen LogP contribution < -0.4 is 16.0 Å². The monoisotopic (exact) mass is 690 g/mol. The average molecular weight is 687 g/mol. The fourth-order valence-electron chi connectivity index (χ4n) is 3.79. The number of aromatic nitrogens is 3. The molecule has 36 heavy (non-hydrogen) atoms. The first kappa shape index (κ1) is 27.2. The van der Waals surface area contributed by atoms with Crippen LogP contribution in [0.3, 0.4) is 0 Å². The molecule has 0 saturated heterocycles. The third kappa shape index (κ3) is 5.85. The van der Waals surface area contributed by atoms with Gasteiger partial charge in [0.1, 0.15) is 0 Å². The van der Waals surface area contributed by atoms with Crippen molar-refractivity contribution >= 4 is 61.2 Å². The van der Waals surface area contributed by atoms with Crippen LogP contribution in [-0.4, -0.2) is 76.2 Å². The van der Waals surface area contributed by atoms with Gasteiger partial charge in [-0.2, -0.15) is 0 Å². The zero-order valence-electron chi connectivity index (χ0n) is 21.0.